The number of para-hydroxylation sites is 1. The first-order valence-electron chi connectivity index (χ1n) is 11.9. The Bertz CT molecular complexity index is 1450. The van der Waals surface area contributed by atoms with Crippen LogP contribution in [0.5, 0.6) is 0 Å². The molecule has 0 spiro atoms. The monoisotopic (exact) mass is 522 g/mol. The van der Waals surface area contributed by atoms with Crippen molar-refractivity contribution in [2.45, 2.75) is 33.2 Å². The van der Waals surface area contributed by atoms with Gasteiger partial charge in [-0.25, -0.2) is 9.78 Å². The molecule has 0 saturated carbocycles. The first kappa shape index (κ1) is 25.7. The maximum atomic E-state index is 13.8. The van der Waals surface area contributed by atoms with E-state index in [4.69, 9.17) is 28.2 Å². The van der Waals surface area contributed by atoms with E-state index in [9.17, 15) is 9.59 Å². The van der Waals surface area contributed by atoms with Gasteiger partial charge in [0.15, 0.2) is 0 Å². The molecule has 8 heteroatoms. The number of nitrogens with zero attached hydrogens (tertiary/aromatic N) is 3. The highest BCUT2D eigenvalue weighted by Crippen LogP contribution is 2.28. The second-order valence-corrected chi connectivity index (χ2v) is 9.89. The Morgan fingerprint density at radius 3 is 2.36 bits per heavy atom. The Hall–Kier alpha value is -3.35. The largest absolute Gasteiger partial charge is 0.322 e. The molecule has 1 atom stereocenters. The molecule has 0 saturated heterocycles. The lowest BCUT2D eigenvalue weighted by Crippen LogP contribution is -2.42. The van der Waals surface area contributed by atoms with Crippen molar-refractivity contribution in [3.05, 3.63) is 99.0 Å². The average Bonchev–Trinajstić information content (AvgIpc) is 2.84. The number of hydrogen-bond donors (Lipinski definition) is 1. The summed E-state index contributed by atoms with van der Waals surface area (Å²) in [5, 5.41) is 4.49. The summed E-state index contributed by atoms with van der Waals surface area (Å²) in [5.41, 5.74) is 1.55. The van der Waals surface area contributed by atoms with Gasteiger partial charge in [0.05, 0.1) is 22.6 Å². The van der Waals surface area contributed by atoms with Crippen LogP contribution in [0.15, 0.2) is 77.6 Å². The van der Waals surface area contributed by atoms with E-state index in [0.29, 0.717) is 51.1 Å². The minimum absolute atomic E-state index is 0.177. The van der Waals surface area contributed by atoms with Gasteiger partial charge in [0.2, 0.25) is 0 Å². The van der Waals surface area contributed by atoms with Crippen LogP contribution in [0.25, 0.3) is 16.6 Å². The Morgan fingerprint density at radius 1 is 1.00 bits per heavy atom. The van der Waals surface area contributed by atoms with Crippen molar-refractivity contribution < 1.29 is 4.79 Å². The molecule has 1 aromatic heterocycles. The third-order valence-corrected chi connectivity index (χ3v) is 6.30. The van der Waals surface area contributed by atoms with E-state index < -0.39 is 6.04 Å². The van der Waals surface area contributed by atoms with Crippen molar-refractivity contribution in [2.24, 2.45) is 5.92 Å². The fraction of sp³-hybridized carbons (Fsp3) is 0.250. The number of nitrogens with one attached hydrogen (secondary N) is 1. The van der Waals surface area contributed by atoms with E-state index >= 15 is 0 Å². The smallest absolute Gasteiger partial charge is 0.314 e. The lowest BCUT2D eigenvalue weighted by atomic mass is 10.1. The highest BCUT2D eigenvalue weighted by atomic mass is 35.5. The molecule has 4 rings (SSSR count). The fourth-order valence-electron chi connectivity index (χ4n) is 4.29. The lowest BCUT2D eigenvalue weighted by molar-refractivity contribution is 0.171. The van der Waals surface area contributed by atoms with Crippen LogP contribution in [0.3, 0.4) is 0 Å². The topological polar surface area (TPSA) is 67.2 Å². The van der Waals surface area contributed by atoms with E-state index in [1.165, 1.54) is 0 Å². The van der Waals surface area contributed by atoms with Gasteiger partial charge in [-0.1, -0.05) is 68.2 Å². The normalized spacial score (nSPS) is 12.1. The number of anilines is 1. The fourth-order valence-corrected chi connectivity index (χ4v) is 4.66. The summed E-state index contributed by atoms with van der Waals surface area (Å²) in [4.78, 5) is 34.1. The summed E-state index contributed by atoms with van der Waals surface area (Å²) in [7, 11) is 0. The van der Waals surface area contributed by atoms with Crippen LogP contribution in [0, 0.1) is 5.92 Å². The number of fused-ring (bicyclic) bond motifs is 1. The van der Waals surface area contributed by atoms with Crippen LogP contribution in [0.2, 0.25) is 10.0 Å². The van der Waals surface area contributed by atoms with Gasteiger partial charge in [0, 0.05) is 22.3 Å². The van der Waals surface area contributed by atoms with E-state index in [-0.39, 0.29) is 17.5 Å². The molecule has 0 aliphatic rings. The third kappa shape index (κ3) is 5.55. The highest BCUT2D eigenvalue weighted by Gasteiger charge is 2.30. The van der Waals surface area contributed by atoms with Crippen LogP contribution in [-0.4, -0.2) is 27.0 Å². The molecular formula is C28H28Cl2N4O2. The van der Waals surface area contributed by atoms with Gasteiger partial charge < -0.3 is 10.2 Å². The summed E-state index contributed by atoms with van der Waals surface area (Å²) in [6.07, 6.45) is 0.543. The lowest BCUT2D eigenvalue weighted by Gasteiger charge is -2.33. The van der Waals surface area contributed by atoms with Crippen molar-refractivity contribution in [1.29, 1.82) is 0 Å². The Labute approximate surface area is 220 Å². The molecule has 36 heavy (non-hydrogen) atoms. The third-order valence-electron chi connectivity index (χ3n) is 5.83. The Morgan fingerprint density at radius 2 is 1.69 bits per heavy atom. The van der Waals surface area contributed by atoms with Gasteiger partial charge in [0.25, 0.3) is 5.56 Å². The number of hydrogen-bond acceptors (Lipinski definition) is 3. The second-order valence-electron chi connectivity index (χ2n) is 9.02. The van der Waals surface area contributed by atoms with Gasteiger partial charge >= 0.3 is 6.03 Å². The van der Waals surface area contributed by atoms with Crippen LogP contribution < -0.4 is 10.9 Å². The molecule has 1 heterocycles. The molecule has 0 fully saturated rings. The molecule has 0 bridgehead atoms. The minimum Gasteiger partial charge on any atom is -0.314 e. The summed E-state index contributed by atoms with van der Waals surface area (Å²) in [5.74, 6) is 0.654. The van der Waals surface area contributed by atoms with Crippen LogP contribution in [-0.2, 0) is 0 Å². The van der Waals surface area contributed by atoms with Crippen molar-refractivity contribution in [3.63, 3.8) is 0 Å². The number of urea groups is 1. The zero-order valence-corrected chi connectivity index (χ0v) is 21.9. The molecular weight excluding hydrogens is 495 g/mol. The van der Waals surface area contributed by atoms with Crippen molar-refractivity contribution >= 4 is 45.8 Å². The molecule has 3 aromatic carbocycles. The first-order chi connectivity index (χ1) is 17.3. The van der Waals surface area contributed by atoms with Crippen molar-refractivity contribution in [1.82, 2.24) is 14.5 Å². The molecule has 1 N–H and O–H groups in total. The van der Waals surface area contributed by atoms with E-state index in [1.54, 1.807) is 58.0 Å². The van der Waals surface area contributed by atoms with Gasteiger partial charge in [-0.2, -0.15) is 0 Å². The Kier molecular flexibility index (Phi) is 7.97. The van der Waals surface area contributed by atoms with Crippen molar-refractivity contribution in [2.75, 3.05) is 11.9 Å². The first-order valence-corrected chi connectivity index (χ1v) is 12.6. The van der Waals surface area contributed by atoms with Crippen LogP contribution >= 0.6 is 23.2 Å². The average molecular weight is 523 g/mol. The van der Waals surface area contributed by atoms with Crippen LogP contribution in [0.1, 0.15) is 39.1 Å². The van der Waals surface area contributed by atoms with Crippen LogP contribution in [0.4, 0.5) is 10.5 Å². The number of carbonyl (C=O) groups is 1. The predicted octanol–water partition coefficient (Wildman–Crippen LogP) is 7.33. The molecule has 6 nitrogen and oxygen atoms in total. The zero-order valence-electron chi connectivity index (χ0n) is 20.4. The molecule has 186 valence electrons. The summed E-state index contributed by atoms with van der Waals surface area (Å²) in [6, 6.07) is 20.6. The number of aromatic nitrogens is 2. The van der Waals surface area contributed by atoms with Gasteiger partial charge in [-0.3, -0.25) is 9.36 Å². The molecule has 0 radical (unpaired) electrons. The maximum Gasteiger partial charge on any atom is 0.322 e. The molecule has 2 amide bonds. The number of halogens is 2. The molecule has 1 unspecified atom stereocenters. The van der Waals surface area contributed by atoms with Gasteiger partial charge in [0.1, 0.15) is 5.82 Å². The SMILES string of the molecule is CCC(c1nc2ccccc2c(=O)n1-c1cccc(Cl)c1)N(CC(C)C)C(=O)Nc1cccc(Cl)c1. The summed E-state index contributed by atoms with van der Waals surface area (Å²) >= 11 is 12.4. The maximum absolute atomic E-state index is 13.8. The van der Waals surface area contributed by atoms with Gasteiger partial charge in [-0.15, -0.1) is 0 Å². The number of benzene rings is 3. The predicted molar refractivity (Wildman–Crippen MR) is 147 cm³/mol. The molecule has 4 aromatic rings. The number of carbonyl (C=O) groups excluding carboxylic acids is 1. The standard InChI is InChI=1S/C28H28Cl2N4O2/c1-4-25(33(17-18(2)3)28(36)31-21-11-7-9-19(29)15-21)26-32-24-14-6-5-13-23(24)27(35)34(26)22-12-8-10-20(30)16-22/h5-16,18,25H,4,17H2,1-3H3,(H,31,36). The zero-order chi connectivity index (χ0) is 25.8. The van der Waals surface area contributed by atoms with Crippen molar-refractivity contribution in [3.8, 4) is 5.69 Å². The molecule has 0 aliphatic carbocycles. The van der Waals surface area contributed by atoms with Gasteiger partial charge in [-0.05, 0) is 60.9 Å². The summed E-state index contributed by atoms with van der Waals surface area (Å²) < 4.78 is 1.57. The quantitative estimate of drug-likeness (QED) is 0.276. The number of rotatable bonds is 7. The minimum atomic E-state index is -0.483. The van der Waals surface area contributed by atoms with E-state index in [1.807, 2.05) is 45.0 Å². The number of amides is 2. The summed E-state index contributed by atoms with van der Waals surface area (Å²) in [6.45, 7) is 6.53. The Balaban J connectivity index is 1.89. The van der Waals surface area contributed by atoms with E-state index in [2.05, 4.69) is 5.32 Å². The second kappa shape index (κ2) is 11.1. The van der Waals surface area contributed by atoms with E-state index in [0.717, 1.165) is 0 Å². The molecule has 0 aliphatic heterocycles. The highest BCUT2D eigenvalue weighted by molar-refractivity contribution is 6.31.